The van der Waals surface area contributed by atoms with Crippen LogP contribution in [0.15, 0.2) is 42.7 Å². The minimum Gasteiger partial charge on any atom is -0.374 e. The number of anilines is 2. The third-order valence-electron chi connectivity index (χ3n) is 5.25. The average Bonchev–Trinajstić information content (AvgIpc) is 2.79. The molecule has 1 fully saturated rings. The zero-order valence-corrected chi connectivity index (χ0v) is 17.1. The molecular weight excluding hydrogens is 364 g/mol. The zero-order valence-electron chi connectivity index (χ0n) is 17.1. The topological polar surface area (TPSA) is 75.2 Å². The monoisotopic (exact) mass is 392 g/mol. The molecule has 0 bridgehead atoms. The maximum atomic E-state index is 5.79. The fourth-order valence-electron chi connectivity index (χ4n) is 3.64. The number of nitrogens with one attached hydrogen (secondary N) is 2. The van der Waals surface area contributed by atoms with E-state index in [1.807, 2.05) is 6.07 Å². The number of benzene rings is 1. The third kappa shape index (κ3) is 4.46. The van der Waals surface area contributed by atoms with Crippen LogP contribution < -0.4 is 15.5 Å². The van der Waals surface area contributed by atoms with Crippen molar-refractivity contribution in [2.75, 3.05) is 49.5 Å². The van der Waals surface area contributed by atoms with Crippen molar-refractivity contribution in [3.05, 3.63) is 42.7 Å². The van der Waals surface area contributed by atoms with Gasteiger partial charge in [0, 0.05) is 56.4 Å². The second kappa shape index (κ2) is 9.15. The molecule has 0 radical (unpaired) electrons. The van der Waals surface area contributed by atoms with Crippen LogP contribution in [0.25, 0.3) is 22.3 Å². The van der Waals surface area contributed by atoms with E-state index in [0.29, 0.717) is 6.54 Å². The normalized spacial score (nSPS) is 16.7. The van der Waals surface area contributed by atoms with E-state index in [0.717, 1.165) is 60.9 Å². The van der Waals surface area contributed by atoms with Crippen molar-refractivity contribution in [2.24, 2.45) is 0 Å². The molecule has 3 aromatic rings. The third-order valence-corrected chi connectivity index (χ3v) is 5.25. The lowest BCUT2D eigenvalue weighted by molar-refractivity contribution is 0.0372. The van der Waals surface area contributed by atoms with Gasteiger partial charge in [-0.3, -0.25) is 4.98 Å². The Hall–Kier alpha value is -2.77. The van der Waals surface area contributed by atoms with Crippen molar-refractivity contribution >= 4 is 22.5 Å². The summed E-state index contributed by atoms with van der Waals surface area (Å²) in [6.45, 7) is 9.48. The molecule has 1 unspecified atom stereocenters. The van der Waals surface area contributed by atoms with E-state index in [4.69, 9.17) is 9.72 Å². The van der Waals surface area contributed by atoms with Crippen LogP contribution in [0.3, 0.4) is 0 Å². The van der Waals surface area contributed by atoms with E-state index in [2.05, 4.69) is 63.6 Å². The van der Waals surface area contributed by atoms with Crippen LogP contribution in [-0.2, 0) is 4.74 Å². The Kier molecular flexibility index (Phi) is 6.17. The summed E-state index contributed by atoms with van der Waals surface area (Å²) in [6, 6.07) is 10.5. The first-order chi connectivity index (χ1) is 14.3. The highest BCUT2D eigenvalue weighted by Crippen LogP contribution is 2.27. The summed E-state index contributed by atoms with van der Waals surface area (Å²) in [4.78, 5) is 16.2. The number of ether oxygens (including phenoxy) is 1. The largest absolute Gasteiger partial charge is 0.374 e. The maximum Gasteiger partial charge on any atom is 0.154 e. The number of hydrogen-bond donors (Lipinski definition) is 2. The number of fused-ring (bicyclic) bond motifs is 1. The average molecular weight is 393 g/mol. The Balaban J connectivity index is 1.62. The molecule has 0 spiro atoms. The molecule has 29 heavy (non-hydrogen) atoms. The van der Waals surface area contributed by atoms with E-state index >= 15 is 0 Å². The van der Waals surface area contributed by atoms with Gasteiger partial charge in [-0.1, -0.05) is 12.1 Å². The standard InChI is InChI=1S/C22H28N6O/c1-3-28(4-2)17-7-5-16(6-8-17)19-13-20-21(25-10-9-24-20)22(27-19)26-15-18-14-23-11-12-29-18/h5-10,13,18,23H,3-4,11-12,14-15H2,1-2H3,(H,26,27). The molecule has 2 aromatic heterocycles. The number of aromatic nitrogens is 3. The number of rotatable bonds is 7. The van der Waals surface area contributed by atoms with E-state index in [9.17, 15) is 0 Å². The highest BCUT2D eigenvalue weighted by Gasteiger charge is 2.15. The number of nitrogens with zero attached hydrogens (tertiary/aromatic N) is 4. The molecule has 1 aromatic carbocycles. The van der Waals surface area contributed by atoms with Gasteiger partial charge in [0.1, 0.15) is 5.52 Å². The lowest BCUT2D eigenvalue weighted by atomic mass is 10.1. The van der Waals surface area contributed by atoms with Gasteiger partial charge in [-0.2, -0.15) is 0 Å². The Morgan fingerprint density at radius 3 is 2.66 bits per heavy atom. The lowest BCUT2D eigenvalue weighted by Crippen LogP contribution is -2.42. The summed E-state index contributed by atoms with van der Waals surface area (Å²) >= 11 is 0. The highest BCUT2D eigenvalue weighted by atomic mass is 16.5. The van der Waals surface area contributed by atoms with E-state index in [-0.39, 0.29) is 6.10 Å². The fraction of sp³-hybridized carbons (Fsp3) is 0.409. The summed E-state index contributed by atoms with van der Waals surface area (Å²) in [7, 11) is 0. The molecule has 4 rings (SSSR count). The number of pyridine rings is 1. The van der Waals surface area contributed by atoms with Crippen molar-refractivity contribution in [2.45, 2.75) is 20.0 Å². The van der Waals surface area contributed by atoms with Crippen molar-refractivity contribution in [3.63, 3.8) is 0 Å². The van der Waals surface area contributed by atoms with Gasteiger partial charge in [-0.05, 0) is 32.0 Å². The highest BCUT2D eigenvalue weighted by molar-refractivity contribution is 5.88. The summed E-state index contributed by atoms with van der Waals surface area (Å²) in [5.74, 6) is 0.743. The van der Waals surface area contributed by atoms with Gasteiger partial charge in [-0.15, -0.1) is 0 Å². The van der Waals surface area contributed by atoms with Crippen LogP contribution in [0.2, 0.25) is 0 Å². The number of morpholine rings is 1. The first-order valence-electron chi connectivity index (χ1n) is 10.3. The van der Waals surface area contributed by atoms with Crippen molar-refractivity contribution in [3.8, 4) is 11.3 Å². The first-order valence-corrected chi connectivity index (χ1v) is 10.3. The molecule has 3 heterocycles. The molecule has 1 saturated heterocycles. The van der Waals surface area contributed by atoms with E-state index in [1.54, 1.807) is 12.4 Å². The van der Waals surface area contributed by atoms with Gasteiger partial charge in [0.05, 0.1) is 23.9 Å². The van der Waals surface area contributed by atoms with E-state index < -0.39 is 0 Å². The molecule has 7 heteroatoms. The first kappa shape index (κ1) is 19.5. The zero-order chi connectivity index (χ0) is 20.1. The molecule has 152 valence electrons. The maximum absolute atomic E-state index is 5.79. The predicted octanol–water partition coefficient (Wildman–Crippen LogP) is 2.94. The van der Waals surface area contributed by atoms with Crippen LogP contribution in [0.5, 0.6) is 0 Å². The van der Waals surface area contributed by atoms with Gasteiger partial charge in [0.15, 0.2) is 5.82 Å². The predicted molar refractivity (Wildman–Crippen MR) is 117 cm³/mol. The van der Waals surface area contributed by atoms with Crippen LogP contribution in [0.4, 0.5) is 11.5 Å². The smallest absolute Gasteiger partial charge is 0.154 e. The molecule has 0 amide bonds. The Labute approximate surface area is 171 Å². The molecule has 1 aliphatic heterocycles. The molecule has 7 nitrogen and oxygen atoms in total. The van der Waals surface area contributed by atoms with Crippen molar-refractivity contribution in [1.29, 1.82) is 0 Å². The quantitative estimate of drug-likeness (QED) is 0.640. The Bertz CT molecular complexity index is 936. The van der Waals surface area contributed by atoms with Crippen LogP contribution in [0, 0.1) is 0 Å². The summed E-state index contributed by atoms with van der Waals surface area (Å²) < 4.78 is 5.79. The summed E-state index contributed by atoms with van der Waals surface area (Å²) in [5.41, 5.74) is 4.77. The van der Waals surface area contributed by atoms with Gasteiger partial charge in [0.25, 0.3) is 0 Å². The summed E-state index contributed by atoms with van der Waals surface area (Å²) in [6.07, 6.45) is 3.54. The van der Waals surface area contributed by atoms with Crippen LogP contribution in [0.1, 0.15) is 13.8 Å². The van der Waals surface area contributed by atoms with Gasteiger partial charge in [-0.25, -0.2) is 9.97 Å². The second-order valence-electron chi connectivity index (χ2n) is 7.08. The van der Waals surface area contributed by atoms with Crippen molar-refractivity contribution < 1.29 is 4.74 Å². The van der Waals surface area contributed by atoms with Crippen LogP contribution in [-0.4, -0.2) is 60.4 Å². The van der Waals surface area contributed by atoms with Gasteiger partial charge < -0.3 is 20.3 Å². The summed E-state index contributed by atoms with van der Waals surface area (Å²) in [5, 5.41) is 6.78. The molecule has 0 saturated carbocycles. The Morgan fingerprint density at radius 2 is 1.93 bits per heavy atom. The molecular formula is C22H28N6O. The molecule has 1 aliphatic rings. The lowest BCUT2D eigenvalue weighted by Gasteiger charge is -2.24. The number of hydrogen-bond acceptors (Lipinski definition) is 7. The van der Waals surface area contributed by atoms with Crippen molar-refractivity contribution in [1.82, 2.24) is 20.3 Å². The van der Waals surface area contributed by atoms with Gasteiger partial charge >= 0.3 is 0 Å². The fourth-order valence-corrected chi connectivity index (χ4v) is 3.64. The molecule has 2 N–H and O–H groups in total. The van der Waals surface area contributed by atoms with Gasteiger partial charge in [0.2, 0.25) is 0 Å². The minimum absolute atomic E-state index is 0.120. The second-order valence-corrected chi connectivity index (χ2v) is 7.08. The van der Waals surface area contributed by atoms with Crippen LogP contribution >= 0.6 is 0 Å². The molecule has 1 atom stereocenters. The van der Waals surface area contributed by atoms with E-state index in [1.165, 1.54) is 5.69 Å². The minimum atomic E-state index is 0.120. The molecule has 0 aliphatic carbocycles. The Morgan fingerprint density at radius 1 is 1.14 bits per heavy atom. The SMILES string of the molecule is CCN(CC)c1ccc(-c2cc3nccnc3c(NCC3CNCCO3)n2)cc1.